The second kappa shape index (κ2) is 7.43. The van der Waals surface area contributed by atoms with Gasteiger partial charge in [-0.05, 0) is 56.8 Å². The minimum absolute atomic E-state index is 0.756. The number of hydrogen-bond donors (Lipinski definition) is 1. The molecule has 0 aromatic heterocycles. The molecule has 0 atom stereocenters. The average Bonchev–Trinajstić information content (AvgIpc) is 3.10. The first-order valence-corrected chi connectivity index (χ1v) is 9.18. The zero-order valence-corrected chi connectivity index (χ0v) is 14.7. The normalized spacial score (nSPS) is 20.2. The van der Waals surface area contributed by atoms with Crippen molar-refractivity contribution in [1.29, 1.82) is 0 Å². The summed E-state index contributed by atoms with van der Waals surface area (Å²) in [6.07, 6.45) is 7.54. The van der Waals surface area contributed by atoms with Crippen molar-refractivity contribution in [1.82, 2.24) is 4.90 Å². The van der Waals surface area contributed by atoms with Gasteiger partial charge in [0.2, 0.25) is 0 Å². The van der Waals surface area contributed by atoms with Gasteiger partial charge < -0.3 is 20.3 Å². The Labute approximate surface area is 140 Å². The van der Waals surface area contributed by atoms with Gasteiger partial charge in [0, 0.05) is 30.9 Å². The number of nitrogens with two attached hydrogens (primary N) is 1. The number of likely N-dealkylation sites (tertiary alicyclic amines) is 1. The van der Waals surface area contributed by atoms with Gasteiger partial charge in [0.1, 0.15) is 5.75 Å². The predicted octanol–water partition coefficient (Wildman–Crippen LogP) is 3.29. The Morgan fingerprint density at radius 2 is 1.83 bits per heavy atom. The van der Waals surface area contributed by atoms with Crippen molar-refractivity contribution < 1.29 is 4.74 Å². The maximum atomic E-state index is 6.12. The number of methoxy groups -OCH3 is 1. The van der Waals surface area contributed by atoms with E-state index in [9.17, 15) is 0 Å². The molecule has 0 radical (unpaired) electrons. The highest BCUT2D eigenvalue weighted by Gasteiger charge is 2.27. The van der Waals surface area contributed by atoms with Gasteiger partial charge in [-0.15, -0.1) is 0 Å². The summed E-state index contributed by atoms with van der Waals surface area (Å²) in [7, 11) is 1.70. The smallest absolute Gasteiger partial charge is 0.143 e. The fraction of sp³-hybridized carbons (Fsp3) is 0.684. The van der Waals surface area contributed by atoms with Gasteiger partial charge in [0.25, 0.3) is 0 Å². The first-order chi connectivity index (χ1) is 11.2. The highest BCUT2D eigenvalue weighted by Crippen LogP contribution is 2.34. The van der Waals surface area contributed by atoms with E-state index >= 15 is 0 Å². The summed E-state index contributed by atoms with van der Waals surface area (Å²) in [6, 6.07) is 5.06. The molecule has 0 aliphatic carbocycles. The summed E-state index contributed by atoms with van der Waals surface area (Å²) in [6.45, 7) is 7.13. The number of nitrogen functional groups attached to an aromatic ring is 1. The van der Waals surface area contributed by atoms with Crippen LogP contribution in [0, 0.1) is 0 Å². The van der Waals surface area contributed by atoms with Crippen molar-refractivity contribution in [2.45, 2.75) is 51.5 Å². The van der Waals surface area contributed by atoms with Crippen molar-refractivity contribution in [2.75, 3.05) is 43.9 Å². The summed E-state index contributed by atoms with van der Waals surface area (Å²) in [5.74, 6) is 0.807. The molecule has 1 aromatic rings. The van der Waals surface area contributed by atoms with Crippen molar-refractivity contribution >= 4 is 11.4 Å². The Balaban J connectivity index is 1.73. The molecule has 0 spiro atoms. The molecule has 2 aliphatic rings. The van der Waals surface area contributed by atoms with Crippen molar-refractivity contribution in [2.24, 2.45) is 0 Å². The Hall–Kier alpha value is -1.42. The van der Waals surface area contributed by atoms with Gasteiger partial charge >= 0.3 is 0 Å². The molecule has 2 fully saturated rings. The average molecular weight is 317 g/mol. The van der Waals surface area contributed by atoms with Crippen molar-refractivity contribution in [3.05, 3.63) is 17.7 Å². The molecule has 2 saturated heterocycles. The summed E-state index contributed by atoms with van der Waals surface area (Å²) in [4.78, 5) is 5.24. The van der Waals surface area contributed by atoms with Gasteiger partial charge in [-0.3, -0.25) is 0 Å². The number of benzene rings is 1. The van der Waals surface area contributed by atoms with Crippen LogP contribution in [0.3, 0.4) is 0 Å². The van der Waals surface area contributed by atoms with Crippen LogP contribution in [0.5, 0.6) is 5.75 Å². The Morgan fingerprint density at radius 1 is 1.13 bits per heavy atom. The molecule has 3 rings (SSSR count). The third kappa shape index (κ3) is 3.57. The van der Waals surface area contributed by atoms with Crippen LogP contribution >= 0.6 is 0 Å². The fourth-order valence-electron chi connectivity index (χ4n) is 4.15. The number of aryl methyl sites for hydroxylation is 1. The molecule has 2 aliphatic heterocycles. The van der Waals surface area contributed by atoms with Gasteiger partial charge in [0.05, 0.1) is 12.8 Å². The highest BCUT2D eigenvalue weighted by molar-refractivity contribution is 5.67. The van der Waals surface area contributed by atoms with E-state index in [1.54, 1.807) is 7.11 Å². The van der Waals surface area contributed by atoms with E-state index < -0.39 is 0 Å². The number of ether oxygens (including phenoxy) is 1. The quantitative estimate of drug-likeness (QED) is 0.846. The molecule has 128 valence electrons. The molecule has 0 bridgehead atoms. The van der Waals surface area contributed by atoms with Crippen LogP contribution < -0.4 is 15.4 Å². The first kappa shape index (κ1) is 16.4. The monoisotopic (exact) mass is 317 g/mol. The second-order valence-electron chi connectivity index (χ2n) is 6.93. The number of hydrogen-bond acceptors (Lipinski definition) is 4. The minimum atomic E-state index is 0.756. The maximum Gasteiger partial charge on any atom is 0.143 e. The van der Waals surface area contributed by atoms with Crippen LogP contribution in [0.4, 0.5) is 11.4 Å². The Kier molecular flexibility index (Phi) is 5.31. The number of piperidine rings is 1. The SMILES string of the molecule is CCCc1cc(N)c(OC)cc1N1CCC(N2CCCC2)CC1. The molecule has 0 saturated carbocycles. The predicted molar refractivity (Wildman–Crippen MR) is 97.4 cm³/mol. The van der Waals surface area contributed by atoms with E-state index in [2.05, 4.69) is 28.9 Å². The van der Waals surface area contributed by atoms with Gasteiger partial charge in [-0.1, -0.05) is 13.3 Å². The first-order valence-electron chi connectivity index (χ1n) is 9.18. The zero-order chi connectivity index (χ0) is 16.2. The van der Waals surface area contributed by atoms with Crippen molar-refractivity contribution in [3.8, 4) is 5.75 Å². The fourth-order valence-corrected chi connectivity index (χ4v) is 4.15. The van der Waals surface area contributed by atoms with Gasteiger partial charge in [0.15, 0.2) is 0 Å². The second-order valence-corrected chi connectivity index (χ2v) is 6.93. The Bertz CT molecular complexity index is 518. The van der Waals surface area contributed by atoms with E-state index in [4.69, 9.17) is 10.5 Å². The van der Waals surface area contributed by atoms with Crippen molar-refractivity contribution in [3.63, 3.8) is 0 Å². The summed E-state index contributed by atoms with van der Waals surface area (Å²) < 4.78 is 5.45. The maximum absolute atomic E-state index is 6.12. The van der Waals surface area contributed by atoms with E-state index in [0.717, 1.165) is 43.4 Å². The van der Waals surface area contributed by atoms with Gasteiger partial charge in [-0.25, -0.2) is 0 Å². The number of anilines is 2. The Morgan fingerprint density at radius 3 is 2.43 bits per heavy atom. The molecule has 0 amide bonds. The molecule has 1 aromatic carbocycles. The van der Waals surface area contributed by atoms with Gasteiger partial charge in [-0.2, -0.15) is 0 Å². The third-order valence-corrected chi connectivity index (χ3v) is 5.41. The number of nitrogens with zero attached hydrogens (tertiary/aromatic N) is 2. The number of rotatable bonds is 5. The van der Waals surface area contributed by atoms with Crippen LogP contribution in [0.15, 0.2) is 12.1 Å². The standard InChI is InChI=1S/C19H31N3O/c1-3-6-15-13-17(20)19(23-2)14-18(15)22-11-7-16(8-12-22)21-9-4-5-10-21/h13-14,16H,3-12,20H2,1-2H3. The van der Waals surface area contributed by atoms with E-state index in [1.165, 1.54) is 50.0 Å². The third-order valence-electron chi connectivity index (χ3n) is 5.41. The molecule has 0 unspecified atom stereocenters. The molecule has 2 heterocycles. The van der Waals surface area contributed by atoms with Crippen LogP contribution in [-0.4, -0.2) is 44.2 Å². The molecule has 4 heteroatoms. The van der Waals surface area contributed by atoms with E-state index in [1.807, 2.05) is 0 Å². The van der Waals surface area contributed by atoms with Crippen LogP contribution in [0.25, 0.3) is 0 Å². The minimum Gasteiger partial charge on any atom is -0.495 e. The molecular formula is C19H31N3O. The summed E-state index contributed by atoms with van der Waals surface area (Å²) in [5, 5.41) is 0. The van der Waals surface area contributed by atoms with Crippen LogP contribution in [-0.2, 0) is 6.42 Å². The lowest BCUT2D eigenvalue weighted by atomic mass is 9.99. The van der Waals surface area contributed by atoms with Crippen LogP contribution in [0.1, 0.15) is 44.6 Å². The van der Waals surface area contributed by atoms with E-state index in [-0.39, 0.29) is 0 Å². The molecule has 2 N–H and O–H groups in total. The summed E-state index contributed by atoms with van der Waals surface area (Å²) >= 11 is 0. The van der Waals surface area contributed by atoms with E-state index in [0.29, 0.717) is 0 Å². The topological polar surface area (TPSA) is 41.7 Å². The molecule has 23 heavy (non-hydrogen) atoms. The lowest BCUT2D eigenvalue weighted by Gasteiger charge is -2.38. The largest absolute Gasteiger partial charge is 0.495 e. The molecular weight excluding hydrogens is 286 g/mol. The zero-order valence-electron chi connectivity index (χ0n) is 14.7. The highest BCUT2D eigenvalue weighted by atomic mass is 16.5. The van der Waals surface area contributed by atoms with Crippen LogP contribution in [0.2, 0.25) is 0 Å². The summed E-state index contributed by atoms with van der Waals surface area (Å²) in [5.41, 5.74) is 9.57. The molecule has 4 nitrogen and oxygen atoms in total. The lowest BCUT2D eigenvalue weighted by Crippen LogP contribution is -2.44. The lowest BCUT2D eigenvalue weighted by molar-refractivity contribution is 0.208.